The van der Waals surface area contributed by atoms with E-state index in [-0.39, 0.29) is 57.5 Å². The molecule has 198 valence electrons. The molecule has 2 aromatic carbocycles. The summed E-state index contributed by atoms with van der Waals surface area (Å²) in [5.41, 5.74) is 0.673. The first-order chi connectivity index (χ1) is 17.1. The van der Waals surface area contributed by atoms with Crippen LogP contribution in [-0.4, -0.2) is 65.1 Å². The number of aliphatic hydroxyl groups excluding tert-OH is 1. The van der Waals surface area contributed by atoms with Gasteiger partial charge >= 0.3 is 16.1 Å². The largest absolute Gasteiger partial charge is 0.493 e. The molecule has 1 N–H and O–H groups in total. The molecule has 0 radical (unpaired) electrons. The van der Waals surface area contributed by atoms with Gasteiger partial charge in [0.05, 0.1) is 19.1 Å². The number of sulfonamides is 1. The van der Waals surface area contributed by atoms with Crippen LogP contribution in [0.2, 0.25) is 0 Å². The van der Waals surface area contributed by atoms with Gasteiger partial charge in [-0.05, 0) is 56.5 Å². The van der Waals surface area contributed by atoms with Gasteiger partial charge in [-0.25, -0.2) is 8.42 Å². The van der Waals surface area contributed by atoms with Crippen LogP contribution in [0.1, 0.15) is 31.7 Å². The lowest BCUT2D eigenvalue weighted by atomic mass is 9.98. The third-order valence-corrected chi connectivity index (χ3v) is 9.00. The second-order valence-electron chi connectivity index (χ2n) is 8.32. The molecule has 36 heavy (non-hydrogen) atoms. The maximum absolute atomic E-state index is 13.4. The van der Waals surface area contributed by atoms with E-state index in [1.165, 1.54) is 40.7 Å². The maximum Gasteiger partial charge on any atom is 0.340 e. The molecule has 12 heteroatoms. The number of rotatable bonds is 11. The normalized spacial score (nSPS) is 15.4. The molecule has 3 rings (SSSR count). The number of aryl methyl sites for hydroxylation is 1. The van der Waals surface area contributed by atoms with Crippen LogP contribution in [0.15, 0.2) is 52.3 Å². The summed E-state index contributed by atoms with van der Waals surface area (Å²) >= 11 is 0. The molecule has 2 aromatic rings. The van der Waals surface area contributed by atoms with Crippen LogP contribution in [0.25, 0.3) is 0 Å². The Bertz CT molecular complexity index is 1270. The summed E-state index contributed by atoms with van der Waals surface area (Å²) in [4.78, 5) is 11.1. The van der Waals surface area contributed by atoms with Crippen molar-refractivity contribution >= 4 is 26.1 Å². The molecule has 0 bridgehead atoms. The van der Waals surface area contributed by atoms with Crippen LogP contribution in [0.5, 0.6) is 11.5 Å². The summed E-state index contributed by atoms with van der Waals surface area (Å²) in [5, 5.41) is 8.92. The molecule has 0 unspecified atom stereocenters. The molecular weight excluding hydrogens is 510 g/mol. The van der Waals surface area contributed by atoms with Gasteiger partial charge in [0, 0.05) is 32.2 Å². The van der Waals surface area contributed by atoms with E-state index in [0.29, 0.717) is 17.7 Å². The van der Waals surface area contributed by atoms with Gasteiger partial charge in [0.25, 0.3) is 0 Å². The topological polar surface area (TPSA) is 137 Å². The Balaban J connectivity index is 1.84. The fourth-order valence-corrected chi connectivity index (χ4v) is 7.04. The SMILES string of the molecule is CCOC(=O)C1CCN(S(=O)(=O)c2ccccc2S(=O)(=O)Oc2cc(C)cc(OCCCO)c2)CC1. The van der Waals surface area contributed by atoms with Crippen molar-refractivity contribution in [1.29, 1.82) is 0 Å². The predicted molar refractivity (Wildman–Crippen MR) is 131 cm³/mol. The van der Waals surface area contributed by atoms with Gasteiger partial charge in [-0.3, -0.25) is 4.79 Å². The van der Waals surface area contributed by atoms with E-state index in [1.54, 1.807) is 19.9 Å². The van der Waals surface area contributed by atoms with Gasteiger partial charge in [0.2, 0.25) is 10.0 Å². The van der Waals surface area contributed by atoms with E-state index in [4.69, 9.17) is 18.8 Å². The van der Waals surface area contributed by atoms with Gasteiger partial charge in [-0.1, -0.05) is 12.1 Å². The van der Waals surface area contributed by atoms with Crippen molar-refractivity contribution in [3.63, 3.8) is 0 Å². The molecule has 10 nitrogen and oxygen atoms in total. The molecule has 0 aromatic heterocycles. The average molecular weight is 542 g/mol. The highest BCUT2D eigenvalue weighted by molar-refractivity contribution is 7.91. The molecule has 1 fully saturated rings. The number of hydrogen-bond donors (Lipinski definition) is 1. The second-order valence-corrected chi connectivity index (χ2v) is 11.7. The summed E-state index contributed by atoms with van der Waals surface area (Å²) in [6, 6.07) is 9.84. The number of carbonyl (C=O) groups is 1. The van der Waals surface area contributed by atoms with Crippen LogP contribution < -0.4 is 8.92 Å². The first-order valence-corrected chi connectivity index (χ1v) is 14.5. The molecule has 0 atom stereocenters. The zero-order valence-corrected chi connectivity index (χ0v) is 21.9. The van der Waals surface area contributed by atoms with Crippen molar-refractivity contribution in [2.45, 2.75) is 42.9 Å². The summed E-state index contributed by atoms with van der Waals surface area (Å²) in [7, 11) is -8.72. The standard InChI is InChI=1S/C24H31NO9S2/c1-3-32-24(27)19-9-11-25(12-10-19)35(28,29)22-7-4-5-8-23(22)36(30,31)34-21-16-18(2)15-20(17-21)33-14-6-13-26/h4-5,7-8,15-17,19,26H,3,6,9-14H2,1-2H3. The molecule has 1 aliphatic heterocycles. The second kappa shape index (κ2) is 12.0. The zero-order valence-electron chi connectivity index (χ0n) is 20.3. The van der Waals surface area contributed by atoms with Gasteiger partial charge in [-0.15, -0.1) is 0 Å². The molecule has 1 saturated heterocycles. The molecular formula is C24H31NO9S2. The lowest BCUT2D eigenvalue weighted by Crippen LogP contribution is -2.41. The summed E-state index contributed by atoms with van der Waals surface area (Å²) < 4.78 is 70.3. The first-order valence-electron chi connectivity index (χ1n) is 11.6. The third kappa shape index (κ3) is 6.75. The van der Waals surface area contributed by atoms with E-state index in [2.05, 4.69) is 0 Å². The monoisotopic (exact) mass is 541 g/mol. The number of hydrogen-bond acceptors (Lipinski definition) is 9. The molecule has 0 saturated carbocycles. The van der Waals surface area contributed by atoms with E-state index in [9.17, 15) is 21.6 Å². The van der Waals surface area contributed by atoms with Crippen LogP contribution >= 0.6 is 0 Å². The first kappa shape index (κ1) is 27.9. The number of piperidine rings is 1. The van der Waals surface area contributed by atoms with Crippen molar-refractivity contribution in [2.75, 3.05) is 32.9 Å². The Labute approximate surface area is 212 Å². The number of nitrogens with zero attached hydrogens (tertiary/aromatic N) is 1. The Morgan fingerprint density at radius 1 is 1.03 bits per heavy atom. The number of aliphatic hydroxyl groups is 1. The van der Waals surface area contributed by atoms with Crippen molar-refractivity contribution < 1.29 is 40.4 Å². The molecule has 0 aliphatic carbocycles. The van der Waals surface area contributed by atoms with Crippen LogP contribution in [-0.2, 0) is 29.7 Å². The van der Waals surface area contributed by atoms with E-state index in [1.807, 2.05) is 0 Å². The smallest absolute Gasteiger partial charge is 0.340 e. The molecule has 1 heterocycles. The Morgan fingerprint density at radius 2 is 1.67 bits per heavy atom. The summed E-state index contributed by atoms with van der Waals surface area (Å²) in [6.45, 7) is 4.01. The summed E-state index contributed by atoms with van der Waals surface area (Å²) in [6.07, 6.45) is 0.975. The fraction of sp³-hybridized carbons (Fsp3) is 0.458. The lowest BCUT2D eigenvalue weighted by molar-refractivity contribution is -0.149. The Morgan fingerprint density at radius 3 is 2.31 bits per heavy atom. The van der Waals surface area contributed by atoms with Gasteiger partial charge in [-0.2, -0.15) is 12.7 Å². The van der Waals surface area contributed by atoms with Crippen molar-refractivity contribution in [2.24, 2.45) is 5.92 Å². The van der Waals surface area contributed by atoms with Gasteiger partial charge in [0.15, 0.2) is 0 Å². The minimum Gasteiger partial charge on any atom is -0.493 e. The van der Waals surface area contributed by atoms with Crippen LogP contribution in [0, 0.1) is 12.8 Å². The van der Waals surface area contributed by atoms with Crippen molar-refractivity contribution in [3.05, 3.63) is 48.0 Å². The van der Waals surface area contributed by atoms with Crippen molar-refractivity contribution in [1.82, 2.24) is 4.31 Å². The zero-order chi connectivity index (χ0) is 26.3. The highest BCUT2D eigenvalue weighted by Crippen LogP contribution is 2.31. The quantitative estimate of drug-likeness (QED) is 0.258. The number of ether oxygens (including phenoxy) is 2. The minimum atomic E-state index is -4.53. The lowest BCUT2D eigenvalue weighted by Gasteiger charge is -2.30. The summed E-state index contributed by atoms with van der Waals surface area (Å²) in [5.74, 6) is -0.423. The highest BCUT2D eigenvalue weighted by atomic mass is 32.2. The molecule has 1 aliphatic rings. The number of esters is 1. The predicted octanol–water partition coefficient (Wildman–Crippen LogP) is 2.49. The molecule has 0 spiro atoms. The fourth-order valence-electron chi connectivity index (χ4n) is 3.87. The van der Waals surface area contributed by atoms with Gasteiger partial charge < -0.3 is 18.8 Å². The number of benzene rings is 2. The van der Waals surface area contributed by atoms with E-state index >= 15 is 0 Å². The molecule has 0 amide bonds. The van der Waals surface area contributed by atoms with Crippen LogP contribution in [0.4, 0.5) is 0 Å². The number of carbonyl (C=O) groups excluding carboxylic acids is 1. The minimum absolute atomic E-state index is 0.0311. The third-order valence-electron chi connectivity index (χ3n) is 5.61. The van der Waals surface area contributed by atoms with E-state index < -0.39 is 35.9 Å². The maximum atomic E-state index is 13.4. The average Bonchev–Trinajstić information content (AvgIpc) is 2.84. The Hall–Kier alpha value is -2.67. The Kier molecular flexibility index (Phi) is 9.34. The highest BCUT2D eigenvalue weighted by Gasteiger charge is 2.36. The van der Waals surface area contributed by atoms with Crippen LogP contribution in [0.3, 0.4) is 0 Å². The van der Waals surface area contributed by atoms with Crippen molar-refractivity contribution in [3.8, 4) is 11.5 Å². The van der Waals surface area contributed by atoms with Gasteiger partial charge in [0.1, 0.15) is 21.3 Å². The van der Waals surface area contributed by atoms with E-state index in [0.717, 1.165) is 0 Å².